The largest absolute Gasteiger partial charge is 0.334 e. The number of nitrogens with zero attached hydrogens (tertiary/aromatic N) is 5. The number of benzene rings is 1. The van der Waals surface area contributed by atoms with E-state index in [2.05, 4.69) is 15.1 Å². The lowest BCUT2D eigenvalue weighted by molar-refractivity contribution is 0.425. The van der Waals surface area contributed by atoms with Gasteiger partial charge in [0.25, 0.3) is 11.4 Å². The van der Waals surface area contributed by atoms with E-state index in [-0.39, 0.29) is 5.56 Å². The van der Waals surface area contributed by atoms with Crippen LogP contribution in [-0.2, 0) is 5.75 Å². The minimum absolute atomic E-state index is 0.156. The molecule has 0 aliphatic heterocycles. The molecule has 0 N–H and O–H groups in total. The molecule has 1 aromatic carbocycles. The number of pyridine rings is 1. The van der Waals surface area contributed by atoms with Crippen LogP contribution >= 0.6 is 23.1 Å². The molecule has 5 rings (SSSR count). The second-order valence-electron chi connectivity index (χ2n) is 6.51. The minimum Gasteiger partial charge on any atom is -0.334 e. The maximum absolute atomic E-state index is 13.3. The van der Waals surface area contributed by atoms with E-state index in [1.807, 2.05) is 54.1 Å². The monoisotopic (exact) mass is 433 g/mol. The van der Waals surface area contributed by atoms with Crippen LogP contribution in [0.15, 0.2) is 73.9 Å². The van der Waals surface area contributed by atoms with E-state index in [9.17, 15) is 4.79 Å². The number of aryl methyl sites for hydroxylation is 1. The summed E-state index contributed by atoms with van der Waals surface area (Å²) in [7, 11) is 0. The van der Waals surface area contributed by atoms with Gasteiger partial charge < -0.3 is 4.52 Å². The first kappa shape index (κ1) is 18.7. The molecular formula is C21H15N5O2S2. The first-order chi connectivity index (χ1) is 14.7. The molecule has 30 heavy (non-hydrogen) atoms. The Bertz CT molecular complexity index is 1390. The fourth-order valence-electron chi connectivity index (χ4n) is 3.05. The molecule has 0 atom stereocenters. The highest BCUT2D eigenvalue weighted by atomic mass is 32.2. The third kappa shape index (κ3) is 3.42. The first-order valence-corrected chi connectivity index (χ1v) is 11.1. The van der Waals surface area contributed by atoms with E-state index in [1.165, 1.54) is 11.8 Å². The lowest BCUT2D eigenvalue weighted by Gasteiger charge is -2.13. The number of thiophene rings is 1. The molecular weight excluding hydrogens is 418 g/mol. The summed E-state index contributed by atoms with van der Waals surface area (Å²) in [5, 5.41) is 9.05. The maximum atomic E-state index is 13.3. The van der Waals surface area contributed by atoms with Gasteiger partial charge in [-0.3, -0.25) is 4.79 Å². The van der Waals surface area contributed by atoms with Gasteiger partial charge in [0.2, 0.25) is 0 Å². The molecule has 0 saturated heterocycles. The molecule has 0 fully saturated rings. The van der Waals surface area contributed by atoms with E-state index in [4.69, 9.17) is 9.51 Å². The molecule has 0 aliphatic rings. The van der Waals surface area contributed by atoms with Gasteiger partial charge >= 0.3 is 0 Å². The third-order valence-corrected chi connectivity index (χ3v) is 6.12. The van der Waals surface area contributed by atoms with Crippen molar-refractivity contribution in [3.05, 3.63) is 81.2 Å². The number of fused-ring (bicyclic) bond motifs is 1. The highest BCUT2D eigenvalue weighted by molar-refractivity contribution is 7.98. The topological polar surface area (TPSA) is 86.7 Å². The molecule has 0 bridgehead atoms. The van der Waals surface area contributed by atoms with Gasteiger partial charge in [-0.25, -0.2) is 14.5 Å². The van der Waals surface area contributed by atoms with Gasteiger partial charge in [-0.1, -0.05) is 35.1 Å². The number of para-hydroxylation sites is 1. The van der Waals surface area contributed by atoms with Crippen LogP contribution in [-0.4, -0.2) is 24.7 Å². The van der Waals surface area contributed by atoms with Crippen molar-refractivity contribution in [3.63, 3.8) is 0 Å². The fraction of sp³-hybridized carbons (Fsp3) is 0.0952. The van der Waals surface area contributed by atoms with Gasteiger partial charge in [-0.15, -0.1) is 0 Å². The molecule has 9 heteroatoms. The van der Waals surface area contributed by atoms with Crippen molar-refractivity contribution >= 4 is 34.0 Å². The van der Waals surface area contributed by atoms with E-state index in [1.54, 1.807) is 28.2 Å². The molecule has 148 valence electrons. The van der Waals surface area contributed by atoms with Crippen molar-refractivity contribution < 1.29 is 4.52 Å². The number of thioether (sulfide) groups is 1. The number of aromatic nitrogens is 5. The van der Waals surface area contributed by atoms with Crippen molar-refractivity contribution in [1.82, 2.24) is 24.7 Å². The van der Waals surface area contributed by atoms with Crippen LogP contribution in [0.4, 0.5) is 0 Å². The maximum Gasteiger partial charge on any atom is 0.267 e. The second-order valence-corrected chi connectivity index (χ2v) is 8.23. The van der Waals surface area contributed by atoms with E-state index in [0.717, 1.165) is 11.1 Å². The standard InChI is InChI=1S/C21H15N5O2S2/c1-13-5-4-9-22-18(13)26-20(27)15-6-2-3-7-16(15)23-21(26)30-12-17-24-19(28-25-17)14-8-10-29-11-14/h2-11H,12H2,1H3. The van der Waals surface area contributed by atoms with Crippen LogP contribution in [0.2, 0.25) is 0 Å². The highest BCUT2D eigenvalue weighted by Crippen LogP contribution is 2.26. The van der Waals surface area contributed by atoms with Crippen molar-refractivity contribution in [2.24, 2.45) is 0 Å². The molecule has 7 nitrogen and oxygen atoms in total. The van der Waals surface area contributed by atoms with Gasteiger partial charge in [0.05, 0.1) is 22.2 Å². The zero-order chi connectivity index (χ0) is 20.5. The van der Waals surface area contributed by atoms with Crippen molar-refractivity contribution in [3.8, 4) is 17.3 Å². The SMILES string of the molecule is Cc1cccnc1-n1c(SCc2noc(-c3ccsc3)n2)nc2ccccc2c1=O. The summed E-state index contributed by atoms with van der Waals surface area (Å²) in [4.78, 5) is 26.9. The van der Waals surface area contributed by atoms with Crippen LogP contribution in [0, 0.1) is 6.92 Å². The van der Waals surface area contributed by atoms with Crippen LogP contribution in [0.1, 0.15) is 11.4 Å². The lowest BCUT2D eigenvalue weighted by Crippen LogP contribution is -2.23. The molecule has 0 unspecified atom stereocenters. The Morgan fingerprint density at radius 3 is 2.87 bits per heavy atom. The molecule has 0 amide bonds. The molecule has 0 radical (unpaired) electrons. The molecule has 5 aromatic rings. The van der Waals surface area contributed by atoms with Gasteiger partial charge in [0, 0.05) is 11.6 Å². The fourth-order valence-corrected chi connectivity index (χ4v) is 4.52. The second kappa shape index (κ2) is 7.85. The summed E-state index contributed by atoms with van der Waals surface area (Å²) in [5.41, 5.74) is 2.27. The van der Waals surface area contributed by atoms with E-state index >= 15 is 0 Å². The third-order valence-electron chi connectivity index (χ3n) is 4.51. The summed E-state index contributed by atoms with van der Waals surface area (Å²) < 4.78 is 6.91. The Labute approximate surface area is 179 Å². The van der Waals surface area contributed by atoms with Crippen molar-refractivity contribution in [2.45, 2.75) is 17.8 Å². The predicted molar refractivity (Wildman–Crippen MR) is 117 cm³/mol. The Kier molecular flexibility index (Phi) is 4.89. The zero-order valence-electron chi connectivity index (χ0n) is 15.8. The Morgan fingerprint density at radius 1 is 1.13 bits per heavy atom. The average molecular weight is 434 g/mol. The van der Waals surface area contributed by atoms with Crippen LogP contribution in [0.5, 0.6) is 0 Å². The Morgan fingerprint density at radius 2 is 2.03 bits per heavy atom. The number of rotatable bonds is 5. The Balaban J connectivity index is 1.56. The molecule has 0 spiro atoms. The minimum atomic E-state index is -0.156. The smallest absolute Gasteiger partial charge is 0.267 e. The summed E-state index contributed by atoms with van der Waals surface area (Å²) in [6, 6.07) is 13.0. The van der Waals surface area contributed by atoms with E-state index in [0.29, 0.717) is 39.3 Å². The summed E-state index contributed by atoms with van der Waals surface area (Å²) in [6.07, 6.45) is 1.67. The number of hydrogen-bond donors (Lipinski definition) is 0. The average Bonchev–Trinajstić information content (AvgIpc) is 3.45. The highest BCUT2D eigenvalue weighted by Gasteiger charge is 2.17. The quantitative estimate of drug-likeness (QED) is 0.298. The molecule has 4 heterocycles. The summed E-state index contributed by atoms with van der Waals surface area (Å²) >= 11 is 2.94. The summed E-state index contributed by atoms with van der Waals surface area (Å²) in [5.74, 6) is 1.99. The van der Waals surface area contributed by atoms with Crippen LogP contribution in [0.25, 0.3) is 28.2 Å². The zero-order valence-corrected chi connectivity index (χ0v) is 17.5. The Hall–Kier alpha value is -3.30. The molecule has 4 aromatic heterocycles. The van der Waals surface area contributed by atoms with Crippen LogP contribution in [0.3, 0.4) is 0 Å². The van der Waals surface area contributed by atoms with Gasteiger partial charge in [-0.05, 0) is 42.1 Å². The van der Waals surface area contributed by atoms with Gasteiger partial charge in [0.1, 0.15) is 5.82 Å². The normalized spacial score (nSPS) is 11.2. The molecule has 0 aliphatic carbocycles. The van der Waals surface area contributed by atoms with Gasteiger partial charge in [-0.2, -0.15) is 16.3 Å². The molecule has 0 saturated carbocycles. The lowest BCUT2D eigenvalue weighted by atomic mass is 10.2. The first-order valence-electron chi connectivity index (χ1n) is 9.12. The predicted octanol–water partition coefficient (Wildman–Crippen LogP) is 4.49. The number of hydrogen-bond acceptors (Lipinski definition) is 8. The summed E-state index contributed by atoms with van der Waals surface area (Å²) in [6.45, 7) is 1.92. The van der Waals surface area contributed by atoms with E-state index < -0.39 is 0 Å². The van der Waals surface area contributed by atoms with Crippen LogP contribution < -0.4 is 5.56 Å². The van der Waals surface area contributed by atoms with Gasteiger partial charge in [0.15, 0.2) is 11.0 Å². The van der Waals surface area contributed by atoms with Crippen molar-refractivity contribution in [2.75, 3.05) is 0 Å². The van der Waals surface area contributed by atoms with Crippen molar-refractivity contribution in [1.29, 1.82) is 0 Å².